The number of carbonyl (C=O) groups is 1. The molecular formula is C26H26N4O3S. The summed E-state index contributed by atoms with van der Waals surface area (Å²) in [7, 11) is 0. The second kappa shape index (κ2) is 10.3. The lowest BCUT2D eigenvalue weighted by atomic mass is 10.1. The number of amidine groups is 1. The van der Waals surface area contributed by atoms with Gasteiger partial charge in [-0.05, 0) is 60.7 Å². The number of para-hydroxylation sites is 1. The number of aliphatic imine (C=N–C) groups is 1. The molecule has 3 aromatic rings. The van der Waals surface area contributed by atoms with Crippen molar-refractivity contribution in [3.63, 3.8) is 0 Å². The first-order valence-electron chi connectivity index (χ1n) is 11.4. The minimum Gasteiger partial charge on any atom is -0.494 e. The zero-order chi connectivity index (χ0) is 23.3. The van der Waals surface area contributed by atoms with Crippen LogP contribution >= 0.6 is 11.8 Å². The summed E-state index contributed by atoms with van der Waals surface area (Å²) >= 11 is 1.42. The molecule has 34 heavy (non-hydrogen) atoms. The minimum atomic E-state index is -0.215. The Labute approximate surface area is 203 Å². The molecule has 3 heterocycles. The average Bonchev–Trinajstić information content (AvgIpc) is 3.48. The van der Waals surface area contributed by atoms with Crippen LogP contribution in [0.25, 0.3) is 23.0 Å². The Morgan fingerprint density at radius 2 is 1.85 bits per heavy atom. The van der Waals surface area contributed by atoms with E-state index in [1.54, 1.807) is 0 Å². The number of morpholine rings is 1. The number of amides is 1. The minimum absolute atomic E-state index is 0.215. The highest BCUT2D eigenvalue weighted by Gasteiger charge is 2.27. The Kier molecular flexibility index (Phi) is 6.78. The molecule has 1 amide bonds. The molecule has 0 aliphatic carbocycles. The monoisotopic (exact) mass is 474 g/mol. The van der Waals surface area contributed by atoms with E-state index in [1.165, 1.54) is 11.8 Å². The summed E-state index contributed by atoms with van der Waals surface area (Å²) in [5.74, 6) is 0.617. The summed E-state index contributed by atoms with van der Waals surface area (Å²) in [6.07, 6.45) is 4.81. The molecule has 1 fully saturated rings. The van der Waals surface area contributed by atoms with Crippen LogP contribution in [0, 0.1) is 0 Å². The van der Waals surface area contributed by atoms with Gasteiger partial charge in [0.2, 0.25) is 0 Å². The van der Waals surface area contributed by atoms with Crippen molar-refractivity contribution < 1.29 is 14.3 Å². The van der Waals surface area contributed by atoms with Crippen molar-refractivity contribution in [2.75, 3.05) is 32.9 Å². The van der Waals surface area contributed by atoms with Gasteiger partial charge >= 0.3 is 0 Å². The van der Waals surface area contributed by atoms with Gasteiger partial charge in [-0.25, -0.2) is 4.68 Å². The van der Waals surface area contributed by atoms with E-state index in [1.807, 2.05) is 71.6 Å². The molecule has 1 saturated heterocycles. The lowest BCUT2D eigenvalue weighted by Gasteiger charge is -2.27. The molecule has 0 spiro atoms. The largest absolute Gasteiger partial charge is 0.494 e. The van der Waals surface area contributed by atoms with Crippen molar-refractivity contribution in [2.45, 2.75) is 13.3 Å². The first-order valence-corrected chi connectivity index (χ1v) is 12.3. The van der Waals surface area contributed by atoms with E-state index in [2.05, 4.69) is 16.8 Å². The Balaban J connectivity index is 1.47. The van der Waals surface area contributed by atoms with Crippen molar-refractivity contribution in [3.8, 4) is 22.7 Å². The molecular weight excluding hydrogens is 448 g/mol. The summed E-state index contributed by atoms with van der Waals surface area (Å²) in [6, 6.07) is 17.9. The first kappa shape index (κ1) is 22.4. The van der Waals surface area contributed by atoms with Crippen LogP contribution in [-0.4, -0.2) is 58.7 Å². The molecule has 0 N–H and O–H groups in total. The second-order valence-electron chi connectivity index (χ2n) is 8.00. The number of hydrogen-bond donors (Lipinski definition) is 0. The van der Waals surface area contributed by atoms with E-state index < -0.39 is 0 Å². The SMILES string of the molecule is CCCOc1ccc(-c2nn(-c3ccccc3)cc2/C=C2/SC(N3CCOCC3)=NC2=O)cc1. The van der Waals surface area contributed by atoms with E-state index >= 15 is 0 Å². The number of carbonyl (C=O) groups excluding carboxylic acids is 1. The van der Waals surface area contributed by atoms with Crippen LogP contribution in [0.15, 0.2) is 70.7 Å². The Morgan fingerprint density at radius 3 is 2.59 bits per heavy atom. The van der Waals surface area contributed by atoms with Gasteiger partial charge in [-0.1, -0.05) is 25.1 Å². The van der Waals surface area contributed by atoms with Gasteiger partial charge in [0.25, 0.3) is 5.91 Å². The van der Waals surface area contributed by atoms with Crippen molar-refractivity contribution in [2.24, 2.45) is 4.99 Å². The molecule has 0 bridgehead atoms. The van der Waals surface area contributed by atoms with E-state index in [0.29, 0.717) is 24.7 Å². The normalized spacial score (nSPS) is 17.3. The van der Waals surface area contributed by atoms with Crippen LogP contribution in [0.1, 0.15) is 18.9 Å². The van der Waals surface area contributed by atoms with E-state index in [4.69, 9.17) is 14.6 Å². The Hall–Kier alpha value is -3.36. The molecule has 5 rings (SSSR count). The van der Waals surface area contributed by atoms with Crippen LogP contribution in [0.3, 0.4) is 0 Å². The van der Waals surface area contributed by atoms with Crippen LogP contribution in [0.5, 0.6) is 5.75 Å². The number of thioether (sulfide) groups is 1. The quantitative estimate of drug-likeness (QED) is 0.485. The average molecular weight is 475 g/mol. The second-order valence-corrected chi connectivity index (χ2v) is 9.00. The zero-order valence-corrected chi connectivity index (χ0v) is 19.8. The smallest absolute Gasteiger partial charge is 0.286 e. The van der Waals surface area contributed by atoms with Crippen LogP contribution < -0.4 is 4.74 Å². The molecule has 0 atom stereocenters. The maximum absolute atomic E-state index is 12.7. The van der Waals surface area contributed by atoms with Gasteiger partial charge in [-0.15, -0.1) is 0 Å². The summed E-state index contributed by atoms with van der Waals surface area (Å²) in [6.45, 7) is 5.56. The predicted molar refractivity (Wildman–Crippen MR) is 135 cm³/mol. The summed E-state index contributed by atoms with van der Waals surface area (Å²) in [5, 5.41) is 5.61. The number of rotatable bonds is 6. The number of ether oxygens (including phenoxy) is 2. The van der Waals surface area contributed by atoms with Crippen molar-refractivity contribution >= 4 is 28.9 Å². The predicted octanol–water partition coefficient (Wildman–Crippen LogP) is 4.63. The lowest BCUT2D eigenvalue weighted by Crippen LogP contribution is -2.38. The van der Waals surface area contributed by atoms with E-state index in [9.17, 15) is 4.79 Å². The fourth-order valence-electron chi connectivity index (χ4n) is 3.79. The molecule has 8 heteroatoms. The first-order chi connectivity index (χ1) is 16.7. The molecule has 2 aliphatic rings. The molecule has 1 aromatic heterocycles. The Morgan fingerprint density at radius 1 is 1.09 bits per heavy atom. The van der Waals surface area contributed by atoms with Crippen molar-refractivity contribution in [1.29, 1.82) is 0 Å². The number of benzene rings is 2. The zero-order valence-electron chi connectivity index (χ0n) is 19.0. The number of hydrogen-bond acceptors (Lipinski definition) is 6. The molecule has 7 nitrogen and oxygen atoms in total. The van der Waals surface area contributed by atoms with Crippen LogP contribution in [-0.2, 0) is 9.53 Å². The van der Waals surface area contributed by atoms with Crippen LogP contribution in [0.4, 0.5) is 0 Å². The third kappa shape index (κ3) is 4.93. The topological polar surface area (TPSA) is 68.9 Å². The lowest BCUT2D eigenvalue weighted by molar-refractivity contribution is -0.113. The van der Waals surface area contributed by atoms with Gasteiger partial charge < -0.3 is 14.4 Å². The molecule has 2 aliphatic heterocycles. The van der Waals surface area contributed by atoms with Gasteiger partial charge in [0, 0.05) is 30.4 Å². The third-order valence-corrected chi connectivity index (χ3v) is 6.59. The van der Waals surface area contributed by atoms with Gasteiger partial charge in [0.1, 0.15) is 5.75 Å². The van der Waals surface area contributed by atoms with Gasteiger partial charge in [-0.3, -0.25) is 4.79 Å². The highest BCUT2D eigenvalue weighted by molar-refractivity contribution is 8.18. The summed E-state index contributed by atoms with van der Waals surface area (Å²) in [4.78, 5) is 19.7. The van der Waals surface area contributed by atoms with E-state index in [0.717, 1.165) is 52.9 Å². The van der Waals surface area contributed by atoms with Crippen LogP contribution in [0.2, 0.25) is 0 Å². The maximum Gasteiger partial charge on any atom is 0.286 e. The van der Waals surface area contributed by atoms with Gasteiger partial charge in [-0.2, -0.15) is 10.1 Å². The molecule has 0 saturated carbocycles. The highest BCUT2D eigenvalue weighted by Crippen LogP contribution is 2.34. The highest BCUT2D eigenvalue weighted by atomic mass is 32.2. The van der Waals surface area contributed by atoms with E-state index in [-0.39, 0.29) is 5.91 Å². The fraction of sp³-hybridized carbons (Fsp3) is 0.269. The standard InChI is InChI=1S/C26H26N4O3S/c1-2-14-33-22-10-8-19(9-11-22)24-20(18-30(28-24)21-6-4-3-5-7-21)17-23-25(31)27-26(34-23)29-12-15-32-16-13-29/h3-11,17-18H,2,12-16H2,1H3/b23-17+. The number of nitrogens with zero attached hydrogens (tertiary/aromatic N) is 4. The van der Waals surface area contributed by atoms with Gasteiger partial charge in [0.15, 0.2) is 5.17 Å². The van der Waals surface area contributed by atoms with Crippen molar-refractivity contribution in [3.05, 3.63) is 71.3 Å². The molecule has 0 unspecified atom stereocenters. The summed E-state index contributed by atoms with van der Waals surface area (Å²) < 4.78 is 13.0. The molecule has 174 valence electrons. The fourth-order valence-corrected chi connectivity index (χ4v) is 4.74. The third-order valence-electron chi connectivity index (χ3n) is 5.54. The summed E-state index contributed by atoms with van der Waals surface area (Å²) in [5.41, 5.74) is 3.56. The molecule has 2 aromatic carbocycles. The molecule has 0 radical (unpaired) electrons. The Bertz CT molecular complexity index is 1210. The van der Waals surface area contributed by atoms with Gasteiger partial charge in [0.05, 0.1) is 36.1 Å². The number of aromatic nitrogens is 2. The maximum atomic E-state index is 12.7. The van der Waals surface area contributed by atoms with Crippen molar-refractivity contribution in [1.82, 2.24) is 14.7 Å².